The number of hydrogen-bond acceptors (Lipinski definition) is 3. The summed E-state index contributed by atoms with van der Waals surface area (Å²) < 4.78 is 19.9. The molecule has 0 fully saturated rings. The summed E-state index contributed by atoms with van der Waals surface area (Å²) in [6.45, 7) is 6.77. The Morgan fingerprint density at radius 1 is 1.06 bits per heavy atom. The van der Waals surface area contributed by atoms with Gasteiger partial charge in [0.1, 0.15) is 5.82 Å². The molecule has 4 rings (SSSR count). The van der Waals surface area contributed by atoms with Gasteiger partial charge in [-0.3, -0.25) is 9.48 Å². The highest BCUT2D eigenvalue weighted by atomic mass is 32.1. The number of rotatable bonds is 5. The van der Waals surface area contributed by atoms with Crippen molar-refractivity contribution in [1.82, 2.24) is 13.9 Å². The lowest BCUT2D eigenvalue weighted by Gasteiger charge is -2.12. The molecule has 5 nitrogen and oxygen atoms in total. The molecule has 0 aliphatic carbocycles. The maximum atomic E-state index is 14.5. The SMILES string of the molecule is Cc1c(N=c2scc(-c3ccccc3F)n2CC(C)C)c(=O)n(-c2ccccc2)n1C. The predicted octanol–water partition coefficient (Wildman–Crippen LogP) is 5.04. The monoisotopic (exact) mass is 436 g/mol. The third-order valence-electron chi connectivity index (χ3n) is 5.23. The van der Waals surface area contributed by atoms with E-state index in [4.69, 9.17) is 4.99 Å². The lowest BCUT2D eigenvalue weighted by molar-refractivity contribution is 0.516. The van der Waals surface area contributed by atoms with E-state index < -0.39 is 0 Å². The summed E-state index contributed by atoms with van der Waals surface area (Å²) in [6, 6.07) is 16.2. The highest BCUT2D eigenvalue weighted by molar-refractivity contribution is 7.07. The second-order valence-electron chi connectivity index (χ2n) is 7.91. The summed E-state index contributed by atoms with van der Waals surface area (Å²) in [5.41, 5.74) is 3.08. The van der Waals surface area contributed by atoms with Crippen molar-refractivity contribution in [2.24, 2.45) is 18.0 Å². The lowest BCUT2D eigenvalue weighted by atomic mass is 10.1. The highest BCUT2D eigenvalue weighted by Gasteiger charge is 2.17. The van der Waals surface area contributed by atoms with Gasteiger partial charge in [-0.15, -0.1) is 11.3 Å². The highest BCUT2D eigenvalue weighted by Crippen LogP contribution is 2.25. The number of thiazole rings is 1. The first-order valence-electron chi connectivity index (χ1n) is 10.2. The molecule has 160 valence electrons. The first-order valence-corrected chi connectivity index (χ1v) is 11.1. The van der Waals surface area contributed by atoms with Gasteiger partial charge < -0.3 is 4.57 Å². The lowest BCUT2D eigenvalue weighted by Crippen LogP contribution is -2.21. The van der Waals surface area contributed by atoms with Crippen LogP contribution in [0.2, 0.25) is 0 Å². The van der Waals surface area contributed by atoms with E-state index in [0.717, 1.165) is 17.1 Å². The zero-order valence-electron chi connectivity index (χ0n) is 18.0. The number of benzene rings is 2. The number of para-hydroxylation sites is 1. The Morgan fingerprint density at radius 2 is 1.74 bits per heavy atom. The first-order chi connectivity index (χ1) is 14.9. The van der Waals surface area contributed by atoms with Crippen LogP contribution >= 0.6 is 11.3 Å². The smallest absolute Gasteiger partial charge is 0.297 e. The topological polar surface area (TPSA) is 44.2 Å². The van der Waals surface area contributed by atoms with E-state index in [0.29, 0.717) is 28.5 Å². The standard InChI is InChI=1S/C24H25FN4OS/c1-16(2)14-28-21(19-12-8-9-13-20(19)25)15-31-24(28)26-22-17(3)27(4)29(23(22)30)18-10-6-5-7-11-18/h5-13,15-16H,14H2,1-4H3. The quantitative estimate of drug-likeness (QED) is 0.432. The molecule has 31 heavy (non-hydrogen) atoms. The van der Waals surface area contributed by atoms with Gasteiger partial charge in [-0.25, -0.2) is 14.1 Å². The normalized spacial score (nSPS) is 12.1. The van der Waals surface area contributed by atoms with Crippen molar-refractivity contribution in [2.75, 3.05) is 0 Å². The van der Waals surface area contributed by atoms with Crippen LogP contribution in [0.1, 0.15) is 19.5 Å². The van der Waals surface area contributed by atoms with E-state index in [2.05, 4.69) is 13.8 Å². The number of aromatic nitrogens is 3. The van der Waals surface area contributed by atoms with Crippen LogP contribution in [0, 0.1) is 18.7 Å². The minimum absolute atomic E-state index is 0.178. The average Bonchev–Trinajstić information content (AvgIpc) is 3.22. The molecule has 0 saturated heterocycles. The molecule has 2 aromatic carbocycles. The molecule has 0 saturated carbocycles. The van der Waals surface area contributed by atoms with Crippen molar-refractivity contribution in [2.45, 2.75) is 27.3 Å². The zero-order valence-corrected chi connectivity index (χ0v) is 18.9. The maximum Gasteiger partial charge on any atom is 0.297 e. The average molecular weight is 437 g/mol. The van der Waals surface area contributed by atoms with Gasteiger partial charge in [-0.05, 0) is 37.1 Å². The molecule has 2 aromatic heterocycles. The Morgan fingerprint density at radius 3 is 2.42 bits per heavy atom. The molecule has 0 atom stereocenters. The van der Waals surface area contributed by atoms with E-state index in [1.165, 1.54) is 17.4 Å². The molecular formula is C24H25FN4OS. The summed E-state index contributed by atoms with van der Waals surface area (Å²) in [6.07, 6.45) is 0. The van der Waals surface area contributed by atoms with Gasteiger partial charge in [0.05, 0.1) is 17.1 Å². The van der Waals surface area contributed by atoms with Gasteiger partial charge in [0, 0.05) is 24.5 Å². The van der Waals surface area contributed by atoms with Crippen LogP contribution < -0.4 is 10.4 Å². The molecule has 2 heterocycles. The van der Waals surface area contributed by atoms with Crippen molar-refractivity contribution in [1.29, 1.82) is 0 Å². The van der Waals surface area contributed by atoms with Crippen LogP contribution in [0.5, 0.6) is 0 Å². The van der Waals surface area contributed by atoms with Gasteiger partial charge in [0.15, 0.2) is 10.5 Å². The van der Waals surface area contributed by atoms with Crippen LogP contribution in [0.25, 0.3) is 16.9 Å². The van der Waals surface area contributed by atoms with Gasteiger partial charge in [-0.2, -0.15) is 0 Å². The maximum absolute atomic E-state index is 14.5. The number of halogens is 1. The van der Waals surface area contributed by atoms with Crippen molar-refractivity contribution in [3.63, 3.8) is 0 Å². The molecule has 0 aliphatic rings. The van der Waals surface area contributed by atoms with Crippen molar-refractivity contribution < 1.29 is 4.39 Å². The molecule has 7 heteroatoms. The van der Waals surface area contributed by atoms with Gasteiger partial charge in [0.2, 0.25) is 0 Å². The molecule has 0 aliphatic heterocycles. The Balaban J connectivity index is 1.93. The van der Waals surface area contributed by atoms with Crippen LogP contribution in [-0.2, 0) is 13.6 Å². The molecule has 4 aromatic rings. The van der Waals surface area contributed by atoms with E-state index in [1.54, 1.807) is 16.8 Å². The van der Waals surface area contributed by atoms with Crippen molar-refractivity contribution in [3.8, 4) is 16.9 Å². The molecule has 0 bridgehead atoms. The van der Waals surface area contributed by atoms with Gasteiger partial charge in [-0.1, -0.05) is 44.2 Å². The van der Waals surface area contributed by atoms with Gasteiger partial charge >= 0.3 is 0 Å². The third kappa shape index (κ3) is 3.93. The summed E-state index contributed by atoms with van der Waals surface area (Å²) in [4.78, 5) is 18.7. The van der Waals surface area contributed by atoms with E-state index in [1.807, 2.05) is 65.0 Å². The van der Waals surface area contributed by atoms with E-state index in [-0.39, 0.29) is 11.4 Å². The predicted molar refractivity (Wildman–Crippen MR) is 124 cm³/mol. The summed E-state index contributed by atoms with van der Waals surface area (Å²) >= 11 is 1.42. The molecule has 0 N–H and O–H groups in total. The Bertz CT molecular complexity index is 1340. The van der Waals surface area contributed by atoms with Crippen LogP contribution in [-0.4, -0.2) is 13.9 Å². The van der Waals surface area contributed by atoms with Crippen molar-refractivity contribution in [3.05, 3.63) is 86.6 Å². The molecule has 0 unspecified atom stereocenters. The molecular weight excluding hydrogens is 411 g/mol. The Kier molecular flexibility index (Phi) is 5.78. The largest absolute Gasteiger partial charge is 0.316 e. The van der Waals surface area contributed by atoms with Gasteiger partial charge in [0.25, 0.3) is 5.56 Å². The third-order valence-corrected chi connectivity index (χ3v) is 6.09. The van der Waals surface area contributed by atoms with Crippen LogP contribution in [0.4, 0.5) is 10.1 Å². The minimum atomic E-state index is -0.272. The fourth-order valence-electron chi connectivity index (χ4n) is 3.62. The Labute approximate surface area is 184 Å². The second-order valence-corrected chi connectivity index (χ2v) is 8.75. The van der Waals surface area contributed by atoms with E-state index >= 15 is 0 Å². The molecule has 0 amide bonds. The summed E-state index contributed by atoms with van der Waals surface area (Å²) in [7, 11) is 1.85. The molecule has 0 radical (unpaired) electrons. The fourth-order valence-corrected chi connectivity index (χ4v) is 4.54. The minimum Gasteiger partial charge on any atom is -0.316 e. The second kappa shape index (κ2) is 8.51. The van der Waals surface area contributed by atoms with Crippen molar-refractivity contribution >= 4 is 17.0 Å². The summed E-state index contributed by atoms with van der Waals surface area (Å²) in [5.74, 6) is 0.0589. The van der Waals surface area contributed by atoms with E-state index in [9.17, 15) is 9.18 Å². The first kappa shape index (κ1) is 21.1. The van der Waals surface area contributed by atoms with Crippen LogP contribution in [0.15, 0.2) is 69.8 Å². The fraction of sp³-hybridized carbons (Fsp3) is 0.250. The zero-order chi connectivity index (χ0) is 22.1. The molecule has 0 spiro atoms. The number of hydrogen-bond donors (Lipinski definition) is 0. The van der Waals surface area contributed by atoms with Crippen LogP contribution in [0.3, 0.4) is 0 Å². The summed E-state index contributed by atoms with van der Waals surface area (Å²) in [5, 5.41) is 1.91. The number of nitrogens with zero attached hydrogens (tertiary/aromatic N) is 4. The Hall–Kier alpha value is -3.19.